The fraction of sp³-hybridized carbons (Fsp3) is 0.750. The van der Waals surface area contributed by atoms with Crippen molar-refractivity contribution in [1.82, 2.24) is 14.9 Å². The lowest BCUT2D eigenvalue weighted by Gasteiger charge is -2.35. The summed E-state index contributed by atoms with van der Waals surface area (Å²) in [5.41, 5.74) is -0.555. The van der Waals surface area contributed by atoms with Gasteiger partial charge in [-0.05, 0) is 19.4 Å². The Labute approximate surface area is 144 Å². The summed E-state index contributed by atoms with van der Waals surface area (Å²) in [5, 5.41) is 0. The molecule has 2 fully saturated rings. The zero-order valence-corrected chi connectivity index (χ0v) is 14.3. The van der Waals surface area contributed by atoms with E-state index in [-0.39, 0.29) is 12.1 Å². The van der Waals surface area contributed by atoms with Crippen molar-refractivity contribution in [2.24, 2.45) is 0 Å². The lowest BCUT2D eigenvalue weighted by atomic mass is 10.2. The van der Waals surface area contributed by atoms with Gasteiger partial charge in [0.05, 0.1) is 25.9 Å². The molecule has 1 unspecified atom stereocenters. The molecule has 9 heteroatoms. The van der Waals surface area contributed by atoms with Crippen molar-refractivity contribution in [3.05, 3.63) is 17.5 Å². The third-order valence-corrected chi connectivity index (χ3v) is 4.44. The molecule has 0 N–H and O–H groups in total. The smallest absolute Gasteiger partial charge is 0.376 e. The topological polar surface area (TPSA) is 50.7 Å². The van der Waals surface area contributed by atoms with Crippen molar-refractivity contribution in [1.29, 1.82) is 0 Å². The Morgan fingerprint density at radius 3 is 2.56 bits per heavy atom. The zero-order valence-electron chi connectivity index (χ0n) is 14.3. The molecular formula is C16H23F3N4O2. The average Bonchev–Trinajstić information content (AvgIpc) is 2.60. The van der Waals surface area contributed by atoms with Crippen LogP contribution in [0, 0.1) is 6.92 Å². The van der Waals surface area contributed by atoms with E-state index in [0.717, 1.165) is 32.1 Å². The van der Waals surface area contributed by atoms with Crippen molar-refractivity contribution >= 4 is 5.95 Å². The van der Waals surface area contributed by atoms with Gasteiger partial charge in [-0.1, -0.05) is 0 Å². The van der Waals surface area contributed by atoms with Crippen LogP contribution < -0.4 is 4.90 Å². The molecule has 2 aliphatic rings. The van der Waals surface area contributed by atoms with Crippen molar-refractivity contribution in [3.8, 4) is 0 Å². The molecule has 2 saturated heterocycles. The predicted molar refractivity (Wildman–Crippen MR) is 85.6 cm³/mol. The van der Waals surface area contributed by atoms with Gasteiger partial charge in [-0.3, -0.25) is 4.90 Å². The number of hydrogen-bond donors (Lipinski definition) is 0. The molecule has 0 amide bonds. The summed E-state index contributed by atoms with van der Waals surface area (Å²) in [6.45, 7) is 7.16. The fourth-order valence-electron chi connectivity index (χ4n) is 3.04. The number of anilines is 1. The van der Waals surface area contributed by atoms with Crippen LogP contribution in [-0.2, 0) is 15.7 Å². The number of aromatic nitrogens is 2. The minimum atomic E-state index is -4.45. The van der Waals surface area contributed by atoms with E-state index in [9.17, 15) is 13.2 Å². The van der Waals surface area contributed by atoms with Gasteiger partial charge in [0.1, 0.15) is 5.69 Å². The molecule has 0 aliphatic carbocycles. The number of alkyl halides is 3. The zero-order chi connectivity index (χ0) is 17.9. The monoisotopic (exact) mass is 360 g/mol. The number of hydrogen-bond acceptors (Lipinski definition) is 6. The molecule has 0 bridgehead atoms. The van der Waals surface area contributed by atoms with Crippen LogP contribution in [0.15, 0.2) is 6.07 Å². The highest BCUT2D eigenvalue weighted by Gasteiger charge is 2.34. The van der Waals surface area contributed by atoms with E-state index in [4.69, 9.17) is 9.47 Å². The molecule has 25 heavy (non-hydrogen) atoms. The molecule has 0 aromatic carbocycles. The first-order valence-corrected chi connectivity index (χ1v) is 8.51. The maximum Gasteiger partial charge on any atom is 0.433 e. The van der Waals surface area contributed by atoms with Crippen molar-refractivity contribution in [2.45, 2.75) is 25.6 Å². The Hall–Kier alpha value is -1.45. The second kappa shape index (κ2) is 7.84. The van der Waals surface area contributed by atoms with Crippen molar-refractivity contribution in [2.75, 3.05) is 57.4 Å². The van der Waals surface area contributed by atoms with Crippen LogP contribution in [0.4, 0.5) is 19.1 Å². The summed E-state index contributed by atoms with van der Waals surface area (Å²) in [6.07, 6.45) is -3.41. The summed E-state index contributed by atoms with van der Waals surface area (Å²) in [4.78, 5) is 12.0. The maximum atomic E-state index is 12.9. The summed E-state index contributed by atoms with van der Waals surface area (Å²) in [5.74, 6) is 0.163. The van der Waals surface area contributed by atoms with Gasteiger partial charge in [0.15, 0.2) is 0 Å². The minimum Gasteiger partial charge on any atom is -0.376 e. The maximum absolute atomic E-state index is 12.9. The Balaban J connectivity index is 1.52. The molecule has 1 atom stereocenters. The number of aryl methyl sites for hydroxylation is 1. The average molecular weight is 360 g/mol. The normalized spacial score (nSPS) is 23.0. The second-order valence-corrected chi connectivity index (χ2v) is 6.38. The summed E-state index contributed by atoms with van der Waals surface area (Å²) in [6, 6.07) is 0.978. The third kappa shape index (κ3) is 5.02. The van der Waals surface area contributed by atoms with Crippen LogP contribution >= 0.6 is 0 Å². The number of ether oxygens (including phenoxy) is 2. The largest absolute Gasteiger partial charge is 0.433 e. The Morgan fingerprint density at radius 2 is 1.92 bits per heavy atom. The van der Waals surface area contributed by atoms with Gasteiger partial charge < -0.3 is 14.4 Å². The SMILES string of the molecule is Cc1cc(C(F)(F)F)nc(N2CCN(CCC3COCCO3)CC2)n1. The summed E-state index contributed by atoms with van der Waals surface area (Å²) < 4.78 is 49.8. The number of rotatable bonds is 4. The van der Waals surface area contributed by atoms with E-state index < -0.39 is 11.9 Å². The molecule has 0 spiro atoms. The van der Waals surface area contributed by atoms with Crippen LogP contribution in [-0.4, -0.2) is 73.5 Å². The van der Waals surface area contributed by atoms with Gasteiger partial charge in [0.2, 0.25) is 5.95 Å². The molecule has 1 aromatic rings. The van der Waals surface area contributed by atoms with Crippen LogP contribution in [0.3, 0.4) is 0 Å². The molecule has 3 heterocycles. The molecule has 3 rings (SSSR count). The third-order valence-electron chi connectivity index (χ3n) is 4.44. The lowest BCUT2D eigenvalue weighted by molar-refractivity contribution is -0.141. The van der Waals surface area contributed by atoms with Crippen LogP contribution in [0.2, 0.25) is 0 Å². The van der Waals surface area contributed by atoms with E-state index >= 15 is 0 Å². The van der Waals surface area contributed by atoms with Gasteiger partial charge in [0, 0.05) is 38.4 Å². The van der Waals surface area contributed by atoms with Crippen molar-refractivity contribution in [3.63, 3.8) is 0 Å². The second-order valence-electron chi connectivity index (χ2n) is 6.38. The number of nitrogens with zero attached hydrogens (tertiary/aromatic N) is 4. The molecule has 6 nitrogen and oxygen atoms in total. The first-order chi connectivity index (χ1) is 11.9. The standard InChI is InChI=1S/C16H23F3N4O2/c1-12-10-14(16(17,18)19)21-15(20-12)23-6-4-22(5-7-23)3-2-13-11-24-8-9-25-13/h10,13H,2-9,11H2,1H3. The minimum absolute atomic E-state index is 0.140. The molecule has 1 aromatic heterocycles. The van der Waals surface area contributed by atoms with Gasteiger partial charge in [0.25, 0.3) is 0 Å². The van der Waals surface area contributed by atoms with Gasteiger partial charge in [-0.15, -0.1) is 0 Å². The highest BCUT2D eigenvalue weighted by Crippen LogP contribution is 2.29. The first-order valence-electron chi connectivity index (χ1n) is 8.51. The summed E-state index contributed by atoms with van der Waals surface area (Å²) in [7, 11) is 0. The lowest BCUT2D eigenvalue weighted by Crippen LogP contribution is -2.48. The molecule has 0 radical (unpaired) electrons. The van der Waals surface area contributed by atoms with Crippen LogP contribution in [0.5, 0.6) is 0 Å². The van der Waals surface area contributed by atoms with E-state index in [0.29, 0.717) is 38.6 Å². The number of halogens is 3. The van der Waals surface area contributed by atoms with E-state index in [1.807, 2.05) is 4.90 Å². The quantitative estimate of drug-likeness (QED) is 0.815. The number of piperazine rings is 1. The van der Waals surface area contributed by atoms with E-state index in [2.05, 4.69) is 14.9 Å². The van der Waals surface area contributed by atoms with E-state index in [1.165, 1.54) is 0 Å². The van der Waals surface area contributed by atoms with Crippen molar-refractivity contribution < 1.29 is 22.6 Å². The Morgan fingerprint density at radius 1 is 1.16 bits per heavy atom. The predicted octanol–water partition coefficient (Wildman–Crippen LogP) is 1.73. The molecule has 140 valence electrons. The van der Waals surface area contributed by atoms with Crippen LogP contribution in [0.25, 0.3) is 0 Å². The van der Waals surface area contributed by atoms with Gasteiger partial charge >= 0.3 is 6.18 Å². The summed E-state index contributed by atoms with van der Waals surface area (Å²) >= 11 is 0. The molecular weight excluding hydrogens is 337 g/mol. The first kappa shape index (κ1) is 18.3. The van der Waals surface area contributed by atoms with Crippen LogP contribution in [0.1, 0.15) is 17.8 Å². The Bertz CT molecular complexity index is 571. The molecule has 0 saturated carbocycles. The van der Waals surface area contributed by atoms with Gasteiger partial charge in [-0.2, -0.15) is 13.2 Å². The highest BCUT2D eigenvalue weighted by atomic mass is 19.4. The Kier molecular flexibility index (Phi) is 5.75. The van der Waals surface area contributed by atoms with E-state index in [1.54, 1.807) is 6.92 Å². The van der Waals surface area contributed by atoms with Gasteiger partial charge in [-0.25, -0.2) is 9.97 Å². The highest BCUT2D eigenvalue weighted by molar-refractivity contribution is 5.33. The fourth-order valence-corrected chi connectivity index (χ4v) is 3.04. The molecule has 2 aliphatic heterocycles.